The lowest BCUT2D eigenvalue weighted by Crippen LogP contribution is -2.19. The van der Waals surface area contributed by atoms with Gasteiger partial charge in [0.15, 0.2) is 0 Å². The Morgan fingerprint density at radius 3 is 2.84 bits per heavy atom. The first-order valence-corrected chi connectivity index (χ1v) is 6.98. The molecule has 0 amide bonds. The lowest BCUT2D eigenvalue weighted by molar-refractivity contribution is 0.0700. The van der Waals surface area contributed by atoms with Gasteiger partial charge < -0.3 is 10.0 Å². The van der Waals surface area contributed by atoms with Gasteiger partial charge in [-0.05, 0) is 32.1 Å². The molecule has 1 aromatic carbocycles. The molecule has 0 saturated heterocycles. The number of nitrogens with zero attached hydrogens (tertiary/aromatic N) is 1. The number of hydrogen-bond donors (Lipinski definition) is 1. The average Bonchev–Trinajstić information content (AvgIpc) is 2.70. The van der Waals surface area contributed by atoms with E-state index in [4.69, 9.17) is 0 Å². The van der Waals surface area contributed by atoms with Gasteiger partial charge in [0.25, 0.3) is 0 Å². The van der Waals surface area contributed by atoms with Crippen LogP contribution < -0.4 is 0 Å². The van der Waals surface area contributed by atoms with Gasteiger partial charge in [0.05, 0.1) is 0 Å². The molecule has 1 aromatic heterocycles. The molecule has 0 aliphatic heterocycles. The van der Waals surface area contributed by atoms with Crippen LogP contribution in [0.5, 0.6) is 0 Å². The fourth-order valence-electron chi connectivity index (χ4n) is 2.22. The third kappa shape index (κ3) is 2.77. The van der Waals surface area contributed by atoms with Gasteiger partial charge in [0.2, 0.25) is 0 Å². The minimum atomic E-state index is -0.986. The summed E-state index contributed by atoms with van der Waals surface area (Å²) in [4.78, 5) is 13.6. The fraction of sp³-hybridized carbons (Fsp3) is 0.357. The predicted molar refractivity (Wildman–Crippen MR) is 75.4 cm³/mol. The van der Waals surface area contributed by atoms with Gasteiger partial charge in [-0.25, -0.2) is 9.18 Å². The summed E-state index contributed by atoms with van der Waals surface area (Å²) >= 11 is 1.14. The Morgan fingerprint density at radius 2 is 2.21 bits per heavy atom. The van der Waals surface area contributed by atoms with Crippen LogP contribution in [-0.2, 0) is 6.54 Å². The Hall–Kier alpha value is -1.46. The summed E-state index contributed by atoms with van der Waals surface area (Å²) in [5.41, 5.74) is 0.585. The van der Waals surface area contributed by atoms with Crippen molar-refractivity contribution in [3.63, 3.8) is 0 Å². The van der Waals surface area contributed by atoms with Gasteiger partial charge in [0.1, 0.15) is 10.7 Å². The molecule has 0 radical (unpaired) electrons. The van der Waals surface area contributed by atoms with Crippen LogP contribution in [0.1, 0.15) is 28.6 Å². The number of thiophene rings is 1. The molecule has 3 nitrogen and oxygen atoms in total. The van der Waals surface area contributed by atoms with E-state index in [-0.39, 0.29) is 10.7 Å². The second-order valence-corrected chi connectivity index (χ2v) is 5.62. The molecule has 1 heterocycles. The van der Waals surface area contributed by atoms with E-state index in [9.17, 15) is 14.3 Å². The number of aromatic carboxylic acids is 1. The first kappa shape index (κ1) is 14.0. The molecule has 0 fully saturated rings. The normalized spacial score (nSPS) is 11.4. The largest absolute Gasteiger partial charge is 0.477 e. The third-order valence-corrected chi connectivity index (χ3v) is 4.18. The van der Waals surface area contributed by atoms with Crippen molar-refractivity contribution >= 4 is 27.4 Å². The molecule has 5 heteroatoms. The van der Waals surface area contributed by atoms with Gasteiger partial charge in [-0.1, -0.05) is 13.0 Å². The third-order valence-electron chi connectivity index (χ3n) is 2.99. The number of hydrogen-bond acceptors (Lipinski definition) is 3. The highest BCUT2D eigenvalue weighted by molar-refractivity contribution is 7.21. The molecule has 19 heavy (non-hydrogen) atoms. The molecule has 1 N–H and O–H groups in total. The van der Waals surface area contributed by atoms with Crippen molar-refractivity contribution in [2.24, 2.45) is 0 Å². The zero-order valence-corrected chi connectivity index (χ0v) is 11.8. The minimum Gasteiger partial charge on any atom is -0.477 e. The molecule has 102 valence electrons. The molecule has 0 unspecified atom stereocenters. The van der Waals surface area contributed by atoms with Crippen LogP contribution in [0.15, 0.2) is 18.2 Å². The maximum Gasteiger partial charge on any atom is 0.346 e. The Bertz CT molecular complexity index is 609. The SMILES string of the molecule is CCCN(C)Cc1c(C(=O)O)sc2cccc(F)c12. The summed E-state index contributed by atoms with van der Waals surface area (Å²) in [6.45, 7) is 3.36. The molecular formula is C14H16FNO2S. The van der Waals surface area contributed by atoms with E-state index in [0.717, 1.165) is 24.3 Å². The second-order valence-electron chi connectivity index (χ2n) is 4.57. The van der Waals surface area contributed by atoms with E-state index in [2.05, 4.69) is 6.92 Å². The highest BCUT2D eigenvalue weighted by Crippen LogP contribution is 2.34. The maximum atomic E-state index is 14.0. The first-order chi connectivity index (χ1) is 9.04. The van der Waals surface area contributed by atoms with E-state index in [1.165, 1.54) is 6.07 Å². The fourth-order valence-corrected chi connectivity index (χ4v) is 3.29. The van der Waals surface area contributed by atoms with Gasteiger partial charge in [-0.15, -0.1) is 11.3 Å². The van der Waals surface area contributed by atoms with Crippen LogP contribution in [0.2, 0.25) is 0 Å². The number of benzene rings is 1. The lowest BCUT2D eigenvalue weighted by Gasteiger charge is -2.15. The van der Waals surface area contributed by atoms with Gasteiger partial charge in [-0.2, -0.15) is 0 Å². The smallest absolute Gasteiger partial charge is 0.346 e. The van der Waals surface area contributed by atoms with Crippen molar-refractivity contribution < 1.29 is 14.3 Å². The molecule has 0 atom stereocenters. The number of carbonyl (C=O) groups is 1. The standard InChI is InChI=1S/C14H16FNO2S/c1-3-7-16(2)8-9-12-10(15)5-4-6-11(12)19-13(9)14(17)18/h4-6H,3,7-8H2,1-2H3,(H,17,18). The number of carboxylic acids is 1. The average molecular weight is 281 g/mol. The summed E-state index contributed by atoms with van der Waals surface area (Å²) in [5.74, 6) is -1.33. The predicted octanol–water partition coefficient (Wildman–Crippen LogP) is 3.58. The molecular weight excluding hydrogens is 265 g/mol. The monoisotopic (exact) mass is 281 g/mol. The highest BCUT2D eigenvalue weighted by atomic mass is 32.1. The molecule has 0 aliphatic rings. The summed E-state index contributed by atoms with van der Waals surface area (Å²) in [6.07, 6.45) is 0.976. The Balaban J connectivity index is 2.54. The molecule has 2 aromatic rings. The number of carboxylic acid groups (broad SMARTS) is 1. The van der Waals surface area contributed by atoms with Crippen molar-refractivity contribution in [3.05, 3.63) is 34.5 Å². The van der Waals surface area contributed by atoms with Gasteiger partial charge >= 0.3 is 5.97 Å². The summed E-state index contributed by atoms with van der Waals surface area (Å²) < 4.78 is 14.6. The van der Waals surface area contributed by atoms with Crippen LogP contribution in [0.3, 0.4) is 0 Å². The molecule has 0 bridgehead atoms. The number of halogens is 1. The maximum absolute atomic E-state index is 14.0. The molecule has 0 spiro atoms. The zero-order valence-electron chi connectivity index (χ0n) is 10.9. The number of fused-ring (bicyclic) bond motifs is 1. The van der Waals surface area contributed by atoms with Gasteiger partial charge in [-0.3, -0.25) is 0 Å². The van der Waals surface area contributed by atoms with Crippen molar-refractivity contribution in [3.8, 4) is 0 Å². The summed E-state index contributed by atoms with van der Waals surface area (Å²) in [6, 6.07) is 4.75. The van der Waals surface area contributed by atoms with Crippen LogP contribution in [0.4, 0.5) is 4.39 Å². The van der Waals surface area contributed by atoms with Crippen LogP contribution in [-0.4, -0.2) is 29.6 Å². The van der Waals surface area contributed by atoms with E-state index < -0.39 is 5.97 Å². The zero-order chi connectivity index (χ0) is 14.0. The van der Waals surface area contributed by atoms with Crippen molar-refractivity contribution in [2.45, 2.75) is 19.9 Å². The minimum absolute atomic E-state index is 0.239. The van der Waals surface area contributed by atoms with Crippen molar-refractivity contribution in [2.75, 3.05) is 13.6 Å². The molecule has 2 rings (SSSR count). The molecule has 0 saturated carbocycles. The van der Waals surface area contributed by atoms with E-state index in [0.29, 0.717) is 22.2 Å². The Morgan fingerprint density at radius 1 is 1.47 bits per heavy atom. The van der Waals surface area contributed by atoms with Crippen LogP contribution >= 0.6 is 11.3 Å². The molecule has 0 aliphatic carbocycles. The van der Waals surface area contributed by atoms with E-state index >= 15 is 0 Å². The van der Waals surface area contributed by atoms with E-state index in [1.807, 2.05) is 11.9 Å². The topological polar surface area (TPSA) is 40.5 Å². The first-order valence-electron chi connectivity index (χ1n) is 6.16. The van der Waals surface area contributed by atoms with Crippen LogP contribution in [0.25, 0.3) is 10.1 Å². The van der Waals surface area contributed by atoms with Crippen molar-refractivity contribution in [1.82, 2.24) is 4.90 Å². The second kappa shape index (κ2) is 5.67. The quantitative estimate of drug-likeness (QED) is 0.910. The summed E-state index contributed by atoms with van der Waals surface area (Å²) in [7, 11) is 1.92. The highest BCUT2D eigenvalue weighted by Gasteiger charge is 2.20. The number of rotatable bonds is 5. The lowest BCUT2D eigenvalue weighted by atomic mass is 10.1. The summed E-state index contributed by atoms with van der Waals surface area (Å²) in [5, 5.41) is 9.72. The Kier molecular flexibility index (Phi) is 4.17. The Labute approximate surface area is 115 Å². The van der Waals surface area contributed by atoms with E-state index in [1.54, 1.807) is 12.1 Å². The van der Waals surface area contributed by atoms with Crippen molar-refractivity contribution in [1.29, 1.82) is 0 Å². The van der Waals surface area contributed by atoms with Gasteiger partial charge in [0, 0.05) is 22.2 Å². The van der Waals surface area contributed by atoms with Crippen LogP contribution in [0, 0.1) is 5.82 Å².